The SMILES string of the molecule is C=C/C=C\c1c(C)c(C2=C/C(C)Sc3cc(O)c(O)c(O)c3C/C=C\2)c(C)c(/C=C\C=C)c1-c1cc(-c2ccccc2)cc(/C=C\C)c1C=C.CC. The lowest BCUT2D eigenvalue weighted by atomic mass is 9.79. The summed E-state index contributed by atoms with van der Waals surface area (Å²) in [6, 6.07) is 16.5. The minimum atomic E-state index is -0.495. The molecular formula is C48H50O3S. The molecule has 0 aliphatic carbocycles. The van der Waals surface area contributed by atoms with Gasteiger partial charge in [-0.3, -0.25) is 0 Å². The van der Waals surface area contributed by atoms with Crippen molar-refractivity contribution >= 4 is 41.6 Å². The number of benzene rings is 4. The second kappa shape index (κ2) is 18.2. The van der Waals surface area contributed by atoms with Crippen LogP contribution in [0.4, 0.5) is 0 Å². The number of phenolic OH excluding ortho intramolecular Hbond substituents is 3. The Morgan fingerprint density at radius 1 is 0.769 bits per heavy atom. The molecule has 5 rings (SSSR count). The Hall–Kier alpha value is -5.45. The van der Waals surface area contributed by atoms with Crippen LogP contribution in [0.2, 0.25) is 0 Å². The highest BCUT2D eigenvalue weighted by atomic mass is 32.2. The Kier molecular flexibility index (Phi) is 13.7. The largest absolute Gasteiger partial charge is 0.504 e. The van der Waals surface area contributed by atoms with Gasteiger partial charge < -0.3 is 15.3 Å². The Morgan fingerprint density at radius 3 is 1.98 bits per heavy atom. The van der Waals surface area contributed by atoms with Crippen LogP contribution in [0, 0.1) is 13.8 Å². The number of hydrogen-bond donors (Lipinski definition) is 3. The van der Waals surface area contributed by atoms with E-state index in [9.17, 15) is 15.3 Å². The van der Waals surface area contributed by atoms with E-state index in [2.05, 4.69) is 113 Å². The summed E-state index contributed by atoms with van der Waals surface area (Å²) in [5, 5.41) is 31.3. The normalized spacial score (nSPS) is 15.9. The molecule has 0 aromatic heterocycles. The average molecular weight is 707 g/mol. The maximum atomic E-state index is 10.7. The minimum absolute atomic E-state index is 0.0223. The summed E-state index contributed by atoms with van der Waals surface area (Å²) < 4.78 is 0. The summed E-state index contributed by atoms with van der Waals surface area (Å²) in [6.45, 7) is 24.8. The van der Waals surface area contributed by atoms with Crippen molar-refractivity contribution < 1.29 is 15.3 Å². The Bertz CT molecular complexity index is 2080. The fraction of sp³-hybridized carbons (Fsp3) is 0.167. The number of phenols is 3. The first-order valence-electron chi connectivity index (χ1n) is 17.7. The molecule has 1 unspecified atom stereocenters. The van der Waals surface area contributed by atoms with E-state index in [4.69, 9.17) is 0 Å². The number of rotatable bonds is 9. The summed E-state index contributed by atoms with van der Waals surface area (Å²) in [6.07, 6.45) is 24.7. The fourth-order valence-corrected chi connectivity index (χ4v) is 7.86. The van der Waals surface area contributed by atoms with E-state index in [1.165, 1.54) is 17.8 Å². The highest BCUT2D eigenvalue weighted by Crippen LogP contribution is 2.47. The second-order valence-corrected chi connectivity index (χ2v) is 13.7. The topological polar surface area (TPSA) is 60.7 Å². The van der Waals surface area contributed by atoms with Gasteiger partial charge in [0.25, 0.3) is 0 Å². The zero-order valence-corrected chi connectivity index (χ0v) is 32.0. The molecule has 0 bridgehead atoms. The zero-order valence-electron chi connectivity index (χ0n) is 31.2. The molecule has 3 N–H and O–H groups in total. The van der Waals surface area contributed by atoms with Gasteiger partial charge in [0.15, 0.2) is 11.5 Å². The van der Waals surface area contributed by atoms with Gasteiger partial charge in [0, 0.05) is 15.7 Å². The van der Waals surface area contributed by atoms with Gasteiger partial charge in [0.05, 0.1) is 0 Å². The predicted octanol–water partition coefficient (Wildman–Crippen LogP) is 13.5. The van der Waals surface area contributed by atoms with Crippen molar-refractivity contribution in [2.24, 2.45) is 0 Å². The van der Waals surface area contributed by atoms with E-state index in [0.717, 1.165) is 71.7 Å². The molecule has 52 heavy (non-hydrogen) atoms. The van der Waals surface area contributed by atoms with Crippen LogP contribution < -0.4 is 0 Å². The molecule has 0 radical (unpaired) electrons. The lowest BCUT2D eigenvalue weighted by Gasteiger charge is -2.25. The first kappa shape index (κ1) is 39.3. The third-order valence-electron chi connectivity index (χ3n) is 8.99. The summed E-state index contributed by atoms with van der Waals surface area (Å²) in [5.41, 5.74) is 13.7. The molecule has 0 amide bonds. The highest BCUT2D eigenvalue weighted by Gasteiger charge is 2.24. The van der Waals surface area contributed by atoms with Crippen molar-refractivity contribution in [1.29, 1.82) is 0 Å². The zero-order chi connectivity index (χ0) is 37.9. The van der Waals surface area contributed by atoms with Crippen LogP contribution in [0.3, 0.4) is 0 Å². The Labute approximate surface area is 314 Å². The van der Waals surface area contributed by atoms with Crippen molar-refractivity contribution in [3.8, 4) is 39.5 Å². The first-order valence-corrected chi connectivity index (χ1v) is 18.6. The molecule has 0 spiro atoms. The Morgan fingerprint density at radius 2 is 1.40 bits per heavy atom. The molecule has 4 aromatic rings. The smallest absolute Gasteiger partial charge is 0.200 e. The summed E-state index contributed by atoms with van der Waals surface area (Å²) in [4.78, 5) is 0.729. The van der Waals surface area contributed by atoms with Crippen molar-refractivity contribution in [3.05, 3.63) is 161 Å². The lowest BCUT2D eigenvalue weighted by molar-refractivity contribution is 0.363. The number of thioether (sulfide) groups is 1. The number of aromatic hydroxyl groups is 3. The van der Waals surface area contributed by atoms with Crippen molar-refractivity contribution in [2.75, 3.05) is 0 Å². The molecule has 1 atom stereocenters. The maximum absolute atomic E-state index is 10.7. The van der Waals surface area contributed by atoms with Gasteiger partial charge in [-0.2, -0.15) is 0 Å². The van der Waals surface area contributed by atoms with Crippen molar-refractivity contribution in [2.45, 2.75) is 58.1 Å². The third kappa shape index (κ3) is 8.19. The van der Waals surface area contributed by atoms with Crippen LogP contribution in [0.15, 0.2) is 122 Å². The molecule has 0 saturated heterocycles. The molecule has 1 aliphatic heterocycles. The standard InChI is InChI=1S/C46H44O3S.C2H6/c1-8-12-22-37-30(6)43(34-21-17-24-39-42(50-29(5)25-34)28-41(47)46(49)45(39)48)31(7)38(23-13-9-2)44(37)40-27-35(32-19-15-14-16-20-32)26-33(18-10-3)36(40)11-4;1-2/h8-23,25-29,47-49H,1-2,4,24H2,3,5-7H3;1-2H3/b18-10-,21-17-,22-12-,23-13-,34-25+;. The van der Waals surface area contributed by atoms with Crippen LogP contribution in [-0.4, -0.2) is 20.6 Å². The van der Waals surface area contributed by atoms with E-state index in [1.807, 2.05) is 51.1 Å². The number of fused-ring (bicyclic) bond motifs is 1. The monoisotopic (exact) mass is 706 g/mol. The van der Waals surface area contributed by atoms with E-state index in [1.54, 1.807) is 12.2 Å². The van der Waals surface area contributed by atoms with Gasteiger partial charge >= 0.3 is 0 Å². The van der Waals surface area contributed by atoms with Crippen molar-refractivity contribution in [3.63, 3.8) is 0 Å². The average Bonchev–Trinajstić information content (AvgIpc) is 3.22. The van der Waals surface area contributed by atoms with Crippen LogP contribution in [0.25, 0.3) is 52.1 Å². The molecule has 0 fully saturated rings. The van der Waals surface area contributed by atoms with Gasteiger partial charge in [-0.25, -0.2) is 0 Å². The maximum Gasteiger partial charge on any atom is 0.200 e. The van der Waals surface area contributed by atoms with Gasteiger partial charge in [0.1, 0.15) is 0 Å². The molecule has 4 heteroatoms. The molecule has 266 valence electrons. The first-order chi connectivity index (χ1) is 25.1. The van der Waals surface area contributed by atoms with Crippen LogP contribution in [-0.2, 0) is 6.42 Å². The fourth-order valence-electron chi connectivity index (χ4n) is 6.74. The third-order valence-corrected chi connectivity index (χ3v) is 10.1. The molecule has 1 aliphatic rings. The molecule has 1 heterocycles. The van der Waals surface area contributed by atoms with Gasteiger partial charge in [0.2, 0.25) is 5.75 Å². The summed E-state index contributed by atoms with van der Waals surface area (Å²) in [7, 11) is 0. The van der Waals surface area contributed by atoms with Crippen LogP contribution in [0.1, 0.15) is 72.2 Å². The molecular weight excluding hydrogens is 657 g/mol. The van der Waals surface area contributed by atoms with Crippen LogP contribution >= 0.6 is 11.8 Å². The highest BCUT2D eigenvalue weighted by molar-refractivity contribution is 8.00. The van der Waals surface area contributed by atoms with E-state index in [-0.39, 0.29) is 16.7 Å². The van der Waals surface area contributed by atoms with Gasteiger partial charge in [-0.05, 0) is 119 Å². The number of hydrogen-bond acceptors (Lipinski definition) is 4. The predicted molar refractivity (Wildman–Crippen MR) is 229 cm³/mol. The lowest BCUT2D eigenvalue weighted by Crippen LogP contribution is -2.05. The van der Waals surface area contributed by atoms with Gasteiger partial charge in [-0.1, -0.05) is 137 Å². The summed E-state index contributed by atoms with van der Waals surface area (Å²) in [5.74, 6) is -1.11. The van der Waals surface area contributed by atoms with E-state index < -0.39 is 5.75 Å². The second-order valence-electron chi connectivity index (χ2n) is 12.2. The summed E-state index contributed by atoms with van der Waals surface area (Å²) >= 11 is 1.53. The molecule has 4 aromatic carbocycles. The van der Waals surface area contributed by atoms with E-state index >= 15 is 0 Å². The van der Waals surface area contributed by atoms with Crippen molar-refractivity contribution in [1.82, 2.24) is 0 Å². The quantitative estimate of drug-likeness (QED) is 0.120. The van der Waals surface area contributed by atoms with Gasteiger partial charge in [-0.15, -0.1) is 11.8 Å². The molecule has 3 nitrogen and oxygen atoms in total. The van der Waals surface area contributed by atoms with E-state index in [0.29, 0.717) is 12.0 Å². The molecule has 0 saturated carbocycles. The van der Waals surface area contributed by atoms with Crippen LogP contribution in [0.5, 0.6) is 17.2 Å². The Balaban J connectivity index is 0.00000297. The minimum Gasteiger partial charge on any atom is -0.504 e. The number of allylic oxidation sites excluding steroid dienone is 8.